The fraction of sp³-hybridized carbons (Fsp3) is 0.393. The number of hydrogen-bond donors (Lipinski definition) is 2. The lowest BCUT2D eigenvalue weighted by molar-refractivity contribution is -0.141. The Morgan fingerprint density at radius 1 is 1.03 bits per heavy atom. The Labute approximate surface area is 208 Å². The lowest BCUT2D eigenvalue weighted by Crippen LogP contribution is -2.52. The monoisotopic (exact) mass is 479 g/mol. The smallest absolute Gasteiger partial charge is 0.408 e. The number of benzene rings is 2. The van der Waals surface area contributed by atoms with Crippen molar-refractivity contribution in [2.45, 2.75) is 65.8 Å². The number of nitrogens with zero attached hydrogens (tertiary/aromatic N) is 1. The standard InChI is InChI=1S/C28H37N3O4/c1-8-17-31(26(33)21(4)30-27(34)35-28(5,6)7)24(23-19(2)13-12-14-20(23)3)25(32)29-18-22-15-10-9-11-16-22/h8-16,21,24H,1,17-18H2,2-7H3,(H,29,32)(H,30,34). The van der Waals surface area contributed by atoms with E-state index in [4.69, 9.17) is 4.74 Å². The van der Waals surface area contributed by atoms with Crippen LogP contribution in [0.15, 0.2) is 61.2 Å². The molecular formula is C28H37N3O4. The van der Waals surface area contributed by atoms with Gasteiger partial charge in [0.25, 0.3) is 0 Å². The molecule has 0 aliphatic carbocycles. The van der Waals surface area contributed by atoms with Gasteiger partial charge in [0, 0.05) is 13.1 Å². The van der Waals surface area contributed by atoms with Crippen molar-refractivity contribution in [1.82, 2.24) is 15.5 Å². The van der Waals surface area contributed by atoms with Gasteiger partial charge in [-0.2, -0.15) is 0 Å². The van der Waals surface area contributed by atoms with E-state index in [1.165, 1.54) is 4.90 Å². The highest BCUT2D eigenvalue weighted by molar-refractivity contribution is 5.92. The van der Waals surface area contributed by atoms with E-state index in [0.29, 0.717) is 6.54 Å². The van der Waals surface area contributed by atoms with Crippen LogP contribution in [0.1, 0.15) is 56.0 Å². The molecule has 0 aliphatic rings. The molecule has 0 saturated heterocycles. The second-order valence-corrected chi connectivity index (χ2v) is 9.56. The fourth-order valence-electron chi connectivity index (χ4n) is 3.83. The number of ether oxygens (including phenoxy) is 1. The van der Waals surface area contributed by atoms with Gasteiger partial charge < -0.3 is 20.3 Å². The zero-order valence-electron chi connectivity index (χ0n) is 21.6. The third-order valence-electron chi connectivity index (χ3n) is 5.40. The molecule has 7 nitrogen and oxygen atoms in total. The predicted molar refractivity (Wildman–Crippen MR) is 138 cm³/mol. The molecule has 2 aromatic rings. The first-order chi connectivity index (χ1) is 16.4. The van der Waals surface area contributed by atoms with Gasteiger partial charge in [0.15, 0.2) is 0 Å². The van der Waals surface area contributed by atoms with Gasteiger partial charge in [0.2, 0.25) is 11.8 Å². The van der Waals surface area contributed by atoms with Crippen molar-refractivity contribution in [3.05, 3.63) is 83.4 Å². The average molecular weight is 480 g/mol. The molecule has 0 aromatic heterocycles. The van der Waals surface area contributed by atoms with Crippen LogP contribution in [0.3, 0.4) is 0 Å². The third-order valence-corrected chi connectivity index (χ3v) is 5.40. The van der Waals surface area contributed by atoms with Gasteiger partial charge in [-0.1, -0.05) is 54.6 Å². The van der Waals surface area contributed by atoms with E-state index in [2.05, 4.69) is 17.2 Å². The molecule has 2 rings (SSSR count). The van der Waals surface area contributed by atoms with Gasteiger partial charge in [0.05, 0.1) is 0 Å². The lowest BCUT2D eigenvalue weighted by atomic mass is 9.93. The summed E-state index contributed by atoms with van der Waals surface area (Å²) in [4.78, 5) is 40.9. The molecule has 188 valence electrons. The Kier molecular flexibility index (Phi) is 9.63. The van der Waals surface area contributed by atoms with Crippen LogP contribution >= 0.6 is 0 Å². The van der Waals surface area contributed by atoms with E-state index in [0.717, 1.165) is 22.3 Å². The molecule has 7 heteroatoms. The number of nitrogens with one attached hydrogen (secondary N) is 2. The second kappa shape index (κ2) is 12.2. The third kappa shape index (κ3) is 7.98. The van der Waals surface area contributed by atoms with E-state index in [1.807, 2.05) is 62.4 Å². The summed E-state index contributed by atoms with van der Waals surface area (Å²) in [5, 5.41) is 5.57. The van der Waals surface area contributed by atoms with Crippen LogP contribution in [0.5, 0.6) is 0 Å². The maximum atomic E-state index is 13.6. The summed E-state index contributed by atoms with van der Waals surface area (Å²) in [5.74, 6) is -0.732. The first kappa shape index (κ1) is 27.6. The number of amides is 3. The summed E-state index contributed by atoms with van der Waals surface area (Å²) in [6.07, 6.45) is 0.873. The molecule has 2 unspecified atom stereocenters. The zero-order chi connectivity index (χ0) is 26.2. The second-order valence-electron chi connectivity index (χ2n) is 9.56. The molecule has 2 atom stereocenters. The molecule has 0 fully saturated rings. The Morgan fingerprint density at radius 2 is 1.63 bits per heavy atom. The summed E-state index contributed by atoms with van der Waals surface area (Å²) >= 11 is 0. The highest BCUT2D eigenvalue weighted by Crippen LogP contribution is 2.28. The summed E-state index contributed by atoms with van der Waals surface area (Å²) in [5.41, 5.74) is 2.77. The molecule has 2 N–H and O–H groups in total. The zero-order valence-corrected chi connectivity index (χ0v) is 21.6. The molecular weight excluding hydrogens is 442 g/mol. The molecule has 0 spiro atoms. The van der Waals surface area contributed by atoms with E-state index >= 15 is 0 Å². The van der Waals surface area contributed by atoms with Crippen molar-refractivity contribution in [3.63, 3.8) is 0 Å². The number of carbonyl (C=O) groups excluding carboxylic acids is 3. The van der Waals surface area contributed by atoms with Gasteiger partial charge in [-0.3, -0.25) is 9.59 Å². The SMILES string of the molecule is C=CCN(C(=O)C(C)NC(=O)OC(C)(C)C)C(C(=O)NCc1ccccc1)c1c(C)cccc1C. The molecule has 0 heterocycles. The van der Waals surface area contributed by atoms with E-state index in [9.17, 15) is 14.4 Å². The van der Waals surface area contributed by atoms with Crippen LogP contribution in [-0.4, -0.2) is 41.0 Å². The molecule has 2 aromatic carbocycles. The number of aryl methyl sites for hydroxylation is 2. The Balaban J connectivity index is 2.39. The van der Waals surface area contributed by atoms with Crippen LogP contribution < -0.4 is 10.6 Å². The average Bonchev–Trinajstić information content (AvgIpc) is 2.77. The van der Waals surface area contributed by atoms with E-state index in [1.54, 1.807) is 33.8 Å². The van der Waals surface area contributed by atoms with Crippen LogP contribution in [0.25, 0.3) is 0 Å². The van der Waals surface area contributed by atoms with Gasteiger partial charge in [-0.25, -0.2) is 4.79 Å². The van der Waals surface area contributed by atoms with Gasteiger partial charge in [-0.15, -0.1) is 6.58 Å². The van der Waals surface area contributed by atoms with Crippen molar-refractivity contribution < 1.29 is 19.1 Å². The highest BCUT2D eigenvalue weighted by atomic mass is 16.6. The first-order valence-corrected chi connectivity index (χ1v) is 11.7. The maximum Gasteiger partial charge on any atom is 0.408 e. The highest BCUT2D eigenvalue weighted by Gasteiger charge is 2.35. The summed E-state index contributed by atoms with van der Waals surface area (Å²) in [6, 6.07) is 13.5. The molecule has 0 saturated carbocycles. The number of hydrogen-bond acceptors (Lipinski definition) is 4. The van der Waals surface area contributed by atoms with Gasteiger partial charge in [-0.05, 0) is 63.8 Å². The number of carbonyl (C=O) groups is 3. The minimum absolute atomic E-state index is 0.121. The van der Waals surface area contributed by atoms with Gasteiger partial charge in [0.1, 0.15) is 17.7 Å². The van der Waals surface area contributed by atoms with Crippen molar-refractivity contribution in [1.29, 1.82) is 0 Å². The van der Waals surface area contributed by atoms with Crippen LogP contribution in [0, 0.1) is 13.8 Å². The Hall–Kier alpha value is -3.61. The predicted octanol–water partition coefficient (Wildman–Crippen LogP) is 4.59. The largest absolute Gasteiger partial charge is 0.444 e. The van der Waals surface area contributed by atoms with Crippen LogP contribution in [0.2, 0.25) is 0 Å². The molecule has 0 aliphatic heterocycles. The summed E-state index contributed by atoms with van der Waals surface area (Å²) in [6.45, 7) is 14.9. The maximum absolute atomic E-state index is 13.6. The Bertz CT molecular complexity index is 1020. The number of alkyl carbamates (subject to hydrolysis) is 1. The summed E-state index contributed by atoms with van der Waals surface area (Å²) < 4.78 is 5.30. The molecule has 35 heavy (non-hydrogen) atoms. The van der Waals surface area contributed by atoms with Crippen molar-refractivity contribution in [3.8, 4) is 0 Å². The van der Waals surface area contributed by atoms with Crippen molar-refractivity contribution in [2.24, 2.45) is 0 Å². The fourth-order valence-corrected chi connectivity index (χ4v) is 3.83. The van der Waals surface area contributed by atoms with E-state index in [-0.39, 0.29) is 12.5 Å². The van der Waals surface area contributed by atoms with Gasteiger partial charge >= 0.3 is 6.09 Å². The lowest BCUT2D eigenvalue weighted by Gasteiger charge is -2.34. The first-order valence-electron chi connectivity index (χ1n) is 11.7. The quantitative estimate of drug-likeness (QED) is 0.515. The Morgan fingerprint density at radius 3 is 2.17 bits per heavy atom. The molecule has 0 radical (unpaired) electrons. The molecule has 0 bridgehead atoms. The van der Waals surface area contributed by atoms with Crippen molar-refractivity contribution in [2.75, 3.05) is 6.54 Å². The topological polar surface area (TPSA) is 87.7 Å². The summed E-state index contributed by atoms with van der Waals surface area (Å²) in [7, 11) is 0. The number of rotatable bonds is 9. The minimum Gasteiger partial charge on any atom is -0.444 e. The van der Waals surface area contributed by atoms with Crippen LogP contribution in [0.4, 0.5) is 4.79 Å². The normalized spacial score (nSPS) is 12.7. The van der Waals surface area contributed by atoms with E-state index < -0.39 is 29.7 Å². The van der Waals surface area contributed by atoms with Crippen LogP contribution in [-0.2, 0) is 20.9 Å². The van der Waals surface area contributed by atoms with Crippen molar-refractivity contribution >= 4 is 17.9 Å². The minimum atomic E-state index is -0.918. The molecule has 3 amide bonds.